The molecule has 0 radical (unpaired) electrons. The Morgan fingerprint density at radius 1 is 1.28 bits per heavy atom. The third-order valence-corrected chi connectivity index (χ3v) is 4.81. The van der Waals surface area contributed by atoms with E-state index in [0.717, 1.165) is 31.7 Å². The number of ether oxygens (including phenoxy) is 1. The molecular formula is C17H19ClN6O. The quantitative estimate of drug-likeness (QED) is 0.747. The predicted molar refractivity (Wildman–Crippen MR) is 97.2 cm³/mol. The molecule has 0 saturated carbocycles. The number of anilines is 1. The first-order valence-corrected chi connectivity index (χ1v) is 8.57. The summed E-state index contributed by atoms with van der Waals surface area (Å²) in [7, 11) is 0. The van der Waals surface area contributed by atoms with E-state index in [2.05, 4.69) is 32.0 Å². The average Bonchev–Trinajstić information content (AvgIpc) is 2.99. The van der Waals surface area contributed by atoms with Crippen LogP contribution in [0.25, 0.3) is 11.2 Å². The highest BCUT2D eigenvalue weighted by molar-refractivity contribution is 6.32. The lowest BCUT2D eigenvalue weighted by Gasteiger charge is -2.37. The van der Waals surface area contributed by atoms with E-state index in [1.165, 1.54) is 0 Å². The molecule has 0 spiro atoms. The van der Waals surface area contributed by atoms with E-state index in [1.807, 2.05) is 12.1 Å². The molecule has 1 saturated heterocycles. The van der Waals surface area contributed by atoms with E-state index < -0.39 is 0 Å². The van der Waals surface area contributed by atoms with Crippen LogP contribution in [0.15, 0.2) is 30.5 Å². The normalized spacial score (nSPS) is 17.0. The number of rotatable bonds is 3. The van der Waals surface area contributed by atoms with Crippen molar-refractivity contribution in [3.05, 3.63) is 35.5 Å². The maximum atomic E-state index is 6.19. The van der Waals surface area contributed by atoms with Gasteiger partial charge in [0.05, 0.1) is 11.2 Å². The summed E-state index contributed by atoms with van der Waals surface area (Å²) in [5.41, 5.74) is 7.25. The first kappa shape index (κ1) is 16.1. The van der Waals surface area contributed by atoms with E-state index >= 15 is 0 Å². The van der Waals surface area contributed by atoms with Gasteiger partial charge in [0.1, 0.15) is 11.6 Å². The second-order valence-electron chi connectivity index (χ2n) is 6.63. The van der Waals surface area contributed by atoms with Gasteiger partial charge < -0.3 is 15.4 Å². The number of nitrogens with zero attached hydrogens (tertiary/aromatic N) is 4. The molecule has 0 bridgehead atoms. The van der Waals surface area contributed by atoms with Crippen molar-refractivity contribution >= 4 is 28.6 Å². The van der Waals surface area contributed by atoms with Gasteiger partial charge >= 0.3 is 0 Å². The molecule has 7 nitrogen and oxygen atoms in total. The van der Waals surface area contributed by atoms with Gasteiger partial charge in [0.2, 0.25) is 0 Å². The van der Waals surface area contributed by atoms with E-state index in [-0.39, 0.29) is 5.54 Å². The molecular weight excluding hydrogens is 340 g/mol. The molecule has 25 heavy (non-hydrogen) atoms. The summed E-state index contributed by atoms with van der Waals surface area (Å²) in [6.45, 7) is 3.82. The van der Waals surface area contributed by atoms with Crippen molar-refractivity contribution < 1.29 is 4.74 Å². The Balaban J connectivity index is 1.58. The van der Waals surface area contributed by atoms with Crippen LogP contribution in [-0.2, 0) is 0 Å². The molecule has 3 heterocycles. The Morgan fingerprint density at radius 3 is 2.80 bits per heavy atom. The Hall–Kier alpha value is -2.38. The smallest absolute Gasteiger partial charge is 0.266 e. The number of benzene rings is 1. The van der Waals surface area contributed by atoms with Gasteiger partial charge in [0, 0.05) is 18.6 Å². The minimum absolute atomic E-state index is 0.0992. The zero-order chi connectivity index (χ0) is 17.4. The molecule has 1 aliphatic heterocycles. The number of nitrogens with two attached hydrogens (primary N) is 1. The van der Waals surface area contributed by atoms with Gasteiger partial charge in [-0.15, -0.1) is 5.10 Å². The van der Waals surface area contributed by atoms with Gasteiger partial charge in [-0.1, -0.05) is 23.7 Å². The molecule has 4 rings (SSSR count). The standard InChI is InChI=1S/C17H19ClN6O/c1-17(19)6-8-24(9-7-17)13-10-20-14-15(21-13)22-23-16(14)25-12-5-3-2-4-11(12)18/h2-5,10H,6-9,19H2,1H3,(H,21,22,23). The molecule has 8 heteroatoms. The summed E-state index contributed by atoms with van der Waals surface area (Å²) in [5.74, 6) is 1.70. The van der Waals surface area contributed by atoms with Crippen molar-refractivity contribution in [3.63, 3.8) is 0 Å². The van der Waals surface area contributed by atoms with Crippen LogP contribution in [0, 0.1) is 0 Å². The fourth-order valence-corrected chi connectivity index (χ4v) is 3.05. The van der Waals surface area contributed by atoms with Crippen molar-refractivity contribution in [1.82, 2.24) is 20.2 Å². The number of nitrogens with one attached hydrogen (secondary N) is 1. The average molecular weight is 359 g/mol. The second kappa shape index (κ2) is 6.16. The van der Waals surface area contributed by atoms with Crippen LogP contribution in [0.3, 0.4) is 0 Å². The molecule has 0 atom stereocenters. The first-order valence-electron chi connectivity index (χ1n) is 8.19. The number of H-pyrrole nitrogens is 1. The highest BCUT2D eigenvalue weighted by Crippen LogP contribution is 2.31. The highest BCUT2D eigenvalue weighted by atomic mass is 35.5. The minimum Gasteiger partial charge on any atom is -0.434 e. The van der Waals surface area contributed by atoms with Crippen molar-refractivity contribution in [2.24, 2.45) is 5.73 Å². The van der Waals surface area contributed by atoms with Crippen LogP contribution in [0.4, 0.5) is 5.82 Å². The summed E-state index contributed by atoms with van der Waals surface area (Å²) in [5, 5.41) is 7.57. The molecule has 0 aliphatic carbocycles. The molecule has 2 aromatic heterocycles. The third-order valence-electron chi connectivity index (χ3n) is 4.50. The van der Waals surface area contributed by atoms with E-state index in [4.69, 9.17) is 22.1 Å². The fraction of sp³-hybridized carbons (Fsp3) is 0.353. The van der Waals surface area contributed by atoms with Crippen molar-refractivity contribution in [3.8, 4) is 11.6 Å². The van der Waals surface area contributed by atoms with Crippen molar-refractivity contribution in [2.75, 3.05) is 18.0 Å². The van der Waals surface area contributed by atoms with Crippen molar-refractivity contribution in [1.29, 1.82) is 0 Å². The first-order chi connectivity index (χ1) is 12.0. The fourth-order valence-electron chi connectivity index (χ4n) is 2.87. The highest BCUT2D eigenvalue weighted by Gasteiger charge is 2.27. The maximum Gasteiger partial charge on any atom is 0.266 e. The molecule has 3 aromatic rings. The molecule has 1 aromatic carbocycles. The third kappa shape index (κ3) is 3.25. The summed E-state index contributed by atoms with van der Waals surface area (Å²) in [4.78, 5) is 11.3. The summed E-state index contributed by atoms with van der Waals surface area (Å²) in [6.07, 6.45) is 3.60. The van der Waals surface area contributed by atoms with Crippen LogP contribution in [0.1, 0.15) is 19.8 Å². The largest absolute Gasteiger partial charge is 0.434 e. The van der Waals surface area contributed by atoms with Crippen molar-refractivity contribution in [2.45, 2.75) is 25.3 Å². The lowest BCUT2D eigenvalue weighted by atomic mass is 9.91. The number of fused-ring (bicyclic) bond motifs is 1. The molecule has 1 aliphatic rings. The SMILES string of the molecule is CC1(N)CCN(c2cnc3c(Oc4ccccc4Cl)n[nH]c3n2)CC1. The van der Waals surface area contributed by atoms with Gasteiger partial charge in [-0.25, -0.2) is 9.97 Å². The second-order valence-corrected chi connectivity index (χ2v) is 7.03. The molecule has 1 fully saturated rings. The molecule has 130 valence electrons. The van der Waals surface area contributed by atoms with Crippen LogP contribution in [0.5, 0.6) is 11.6 Å². The number of hydrogen-bond acceptors (Lipinski definition) is 6. The number of aromatic amines is 1. The van der Waals surface area contributed by atoms with Gasteiger partial charge in [0.25, 0.3) is 5.88 Å². The number of aromatic nitrogens is 4. The monoisotopic (exact) mass is 358 g/mol. The van der Waals surface area contributed by atoms with Crippen LogP contribution < -0.4 is 15.4 Å². The lowest BCUT2D eigenvalue weighted by molar-refractivity contribution is 0.363. The van der Waals surface area contributed by atoms with Gasteiger partial charge in [-0.3, -0.25) is 5.10 Å². The molecule has 0 unspecified atom stereocenters. The van der Waals surface area contributed by atoms with Gasteiger partial charge in [-0.05, 0) is 31.9 Å². The zero-order valence-electron chi connectivity index (χ0n) is 13.9. The Labute approximate surface area is 150 Å². The molecule has 0 amide bonds. The van der Waals surface area contributed by atoms with Crippen LogP contribution in [0.2, 0.25) is 5.02 Å². The predicted octanol–water partition coefficient (Wildman–Crippen LogP) is 3.12. The van der Waals surface area contributed by atoms with E-state index in [0.29, 0.717) is 27.8 Å². The maximum absolute atomic E-state index is 6.19. The lowest BCUT2D eigenvalue weighted by Crippen LogP contribution is -2.48. The summed E-state index contributed by atoms with van der Waals surface area (Å²) < 4.78 is 5.77. The zero-order valence-corrected chi connectivity index (χ0v) is 14.6. The number of hydrogen-bond donors (Lipinski definition) is 2. The van der Waals surface area contributed by atoms with Crippen LogP contribution >= 0.6 is 11.6 Å². The Bertz CT molecular complexity index is 899. The number of piperidine rings is 1. The van der Waals surface area contributed by atoms with Gasteiger partial charge in [0.15, 0.2) is 11.2 Å². The van der Waals surface area contributed by atoms with E-state index in [9.17, 15) is 0 Å². The summed E-state index contributed by atoms with van der Waals surface area (Å²) in [6, 6.07) is 7.23. The molecule has 3 N–H and O–H groups in total. The number of para-hydroxylation sites is 1. The number of halogens is 1. The topological polar surface area (TPSA) is 93.0 Å². The minimum atomic E-state index is -0.0992. The van der Waals surface area contributed by atoms with Gasteiger partial charge in [-0.2, -0.15) is 0 Å². The Kier molecular flexibility index (Phi) is 3.97. The summed E-state index contributed by atoms with van der Waals surface area (Å²) >= 11 is 6.13. The van der Waals surface area contributed by atoms with Crippen LogP contribution in [-0.4, -0.2) is 38.8 Å². The Morgan fingerprint density at radius 2 is 2.04 bits per heavy atom. The van der Waals surface area contributed by atoms with E-state index in [1.54, 1.807) is 18.3 Å².